The molecule has 14 heavy (non-hydrogen) atoms. The summed E-state index contributed by atoms with van der Waals surface area (Å²) in [6.45, 7) is 0. The van der Waals surface area contributed by atoms with Crippen LogP contribution in [0.3, 0.4) is 0 Å². The number of hydrogen-bond acceptors (Lipinski definition) is 2. The maximum atomic E-state index is 5.52. The van der Waals surface area contributed by atoms with Gasteiger partial charge in [0.2, 0.25) is 0 Å². The Morgan fingerprint density at radius 2 is 1.93 bits per heavy atom. The molecule has 0 aliphatic heterocycles. The molecule has 0 spiro atoms. The van der Waals surface area contributed by atoms with Gasteiger partial charge in [-0.05, 0) is 68.2 Å². The Balaban J connectivity index is 2.46. The quantitative estimate of drug-likeness (QED) is 0.213. The molecule has 1 nitrogen and oxygen atoms in total. The van der Waals surface area contributed by atoms with Gasteiger partial charge < -0.3 is 4.18 Å². The van der Waals surface area contributed by atoms with Crippen molar-refractivity contribution < 1.29 is 4.18 Å². The van der Waals surface area contributed by atoms with Gasteiger partial charge in [-0.2, -0.15) is 0 Å². The van der Waals surface area contributed by atoms with Gasteiger partial charge in [0.05, 0.1) is 0 Å². The molecule has 0 saturated heterocycles. The molecule has 0 aliphatic rings. The van der Waals surface area contributed by atoms with Crippen LogP contribution >= 0.6 is 74.1 Å². The molecule has 1 rings (SSSR count). The van der Waals surface area contributed by atoms with Crippen LogP contribution in [0, 0.1) is 0 Å². The first-order valence-corrected chi connectivity index (χ1v) is 13.2. The number of alkyl halides is 1. The minimum atomic E-state index is -0.112. The van der Waals surface area contributed by atoms with Crippen molar-refractivity contribution in [2.45, 2.75) is 6.42 Å². The van der Waals surface area contributed by atoms with E-state index in [2.05, 4.69) is 72.1 Å². The van der Waals surface area contributed by atoms with Crippen LogP contribution in [0.15, 0.2) is 24.3 Å². The second-order valence-corrected chi connectivity index (χ2v) is 20.8. The van der Waals surface area contributed by atoms with Gasteiger partial charge in [-0.1, -0.05) is 28.1 Å². The predicted molar refractivity (Wildman–Crippen MR) is 87.1 cm³/mol. The molecule has 0 radical (unpaired) electrons. The van der Waals surface area contributed by atoms with Gasteiger partial charge in [-0.3, -0.25) is 0 Å². The van der Waals surface area contributed by atoms with Crippen molar-refractivity contribution in [2.75, 3.05) is 5.33 Å². The number of benzene rings is 1. The summed E-state index contributed by atoms with van der Waals surface area (Å²) in [5, 5.41) is 1.01. The second-order valence-electron chi connectivity index (χ2n) is 2.44. The zero-order valence-electron chi connectivity index (χ0n) is 7.12. The van der Waals surface area contributed by atoms with Crippen LogP contribution in [-0.2, 0) is 6.42 Å². The lowest BCUT2D eigenvalue weighted by Crippen LogP contribution is -1.85. The van der Waals surface area contributed by atoms with Gasteiger partial charge >= 0.3 is 0 Å². The summed E-state index contributed by atoms with van der Waals surface area (Å²) in [7, 11) is 0. The Morgan fingerprint density at radius 3 is 2.43 bits per heavy atom. The summed E-state index contributed by atoms with van der Waals surface area (Å²) in [4.78, 5) is 0. The molecule has 0 aromatic heterocycles. The Kier molecular flexibility index (Phi) is 7.81. The van der Waals surface area contributed by atoms with E-state index in [-0.39, 0.29) is 2.41 Å². The third-order valence-electron chi connectivity index (χ3n) is 1.50. The highest BCUT2D eigenvalue weighted by molar-refractivity contribution is 14.3. The van der Waals surface area contributed by atoms with E-state index in [9.17, 15) is 0 Å². The van der Waals surface area contributed by atoms with Gasteiger partial charge in [0, 0.05) is 5.33 Å². The fourth-order valence-electron chi connectivity index (χ4n) is 0.892. The number of rotatable bonds is 5. The maximum Gasteiger partial charge on any atom is 0.137 e. The minimum Gasteiger partial charge on any atom is -0.420 e. The highest BCUT2D eigenvalue weighted by atomic mass is 127. The van der Waals surface area contributed by atoms with Gasteiger partial charge in [0.1, 0.15) is 19.8 Å². The van der Waals surface area contributed by atoms with E-state index in [4.69, 9.17) is 4.18 Å². The summed E-state index contributed by atoms with van der Waals surface area (Å²) in [6.07, 6.45) is 1.07. The molecule has 0 N–H and O–H groups in total. The zero-order chi connectivity index (χ0) is 10.4. The molecule has 0 aliphatic carbocycles. The van der Waals surface area contributed by atoms with E-state index in [0.717, 1.165) is 17.5 Å². The lowest BCUT2D eigenvalue weighted by atomic mass is 10.2. The molecule has 0 saturated carbocycles. The van der Waals surface area contributed by atoms with Crippen LogP contribution in [0.1, 0.15) is 5.56 Å². The maximum absolute atomic E-state index is 5.52. The summed E-state index contributed by atoms with van der Waals surface area (Å²) < 4.78 is 5.41. The normalized spacial score (nSPS) is 10.6. The lowest BCUT2D eigenvalue weighted by molar-refractivity contribution is 0.655. The fraction of sp³-hybridized carbons (Fsp3) is 0.250. The molecule has 1 aromatic carbocycles. The molecule has 0 heterocycles. The fourth-order valence-corrected chi connectivity index (χ4v) is 3.48. The molecule has 6 heteroatoms. The zero-order valence-corrected chi connectivity index (χ0v) is 14.7. The third kappa shape index (κ3) is 5.72. The highest BCUT2D eigenvalue weighted by Gasteiger charge is 2.01. The summed E-state index contributed by atoms with van der Waals surface area (Å²) in [6, 6.07) is 8.27. The number of halogens is 3. The predicted octanol–water partition coefficient (Wildman–Crippen LogP) is 5.75. The van der Waals surface area contributed by atoms with Crippen molar-refractivity contribution in [3.8, 4) is 5.75 Å². The van der Waals surface area contributed by atoms with Gasteiger partial charge in [-0.15, -0.1) is 0 Å². The van der Waals surface area contributed by atoms with Crippen molar-refractivity contribution >= 4 is 74.1 Å². The minimum absolute atomic E-state index is 0.112. The first-order chi connectivity index (χ1) is 6.72. The van der Waals surface area contributed by atoms with Crippen LogP contribution < -0.4 is 4.18 Å². The average molecular weight is 517 g/mol. The molecule has 0 bridgehead atoms. The molecule has 0 amide bonds. The van der Waals surface area contributed by atoms with Gasteiger partial charge in [0.25, 0.3) is 0 Å². The molecule has 0 atom stereocenters. The van der Waals surface area contributed by atoms with Crippen LogP contribution in [0.2, 0.25) is 0 Å². The summed E-state index contributed by atoms with van der Waals surface area (Å²) >= 11 is 9.70. The standard InChI is InChI=1S/C8H8BrI2OPS/c9-6-5-7-1-3-8(4-2-7)12-14-13(10)11/h1-4H,5-6H2. The largest absolute Gasteiger partial charge is 0.420 e. The molecule has 0 fully saturated rings. The van der Waals surface area contributed by atoms with Gasteiger partial charge in [-0.25, -0.2) is 0 Å². The van der Waals surface area contributed by atoms with E-state index in [1.807, 2.05) is 12.1 Å². The first-order valence-electron chi connectivity index (χ1n) is 3.83. The van der Waals surface area contributed by atoms with Crippen LogP contribution in [-0.4, -0.2) is 5.33 Å². The smallest absolute Gasteiger partial charge is 0.137 e. The van der Waals surface area contributed by atoms with Crippen molar-refractivity contribution in [3.05, 3.63) is 29.8 Å². The van der Waals surface area contributed by atoms with Crippen LogP contribution in [0.4, 0.5) is 0 Å². The van der Waals surface area contributed by atoms with E-state index in [0.29, 0.717) is 0 Å². The highest BCUT2D eigenvalue weighted by Crippen LogP contribution is 2.64. The van der Waals surface area contributed by atoms with Crippen molar-refractivity contribution in [1.29, 1.82) is 0 Å². The first kappa shape index (κ1) is 13.8. The van der Waals surface area contributed by atoms with Crippen molar-refractivity contribution in [2.24, 2.45) is 0 Å². The second kappa shape index (κ2) is 7.92. The topological polar surface area (TPSA) is 9.23 Å². The SMILES string of the molecule is BrCCc1ccc(OSP(I)I)cc1. The van der Waals surface area contributed by atoms with E-state index in [1.165, 1.54) is 17.2 Å². The Bertz CT molecular complexity index is 271. The van der Waals surface area contributed by atoms with Gasteiger partial charge in [0.15, 0.2) is 0 Å². The molecule has 0 unspecified atom stereocenters. The van der Waals surface area contributed by atoms with E-state index >= 15 is 0 Å². The monoisotopic (exact) mass is 516 g/mol. The van der Waals surface area contributed by atoms with Crippen molar-refractivity contribution in [1.82, 2.24) is 0 Å². The Hall–Kier alpha value is 1.74. The van der Waals surface area contributed by atoms with Crippen molar-refractivity contribution in [3.63, 3.8) is 0 Å². The molecular weight excluding hydrogens is 509 g/mol. The number of aryl methyl sites for hydroxylation is 1. The summed E-state index contributed by atoms with van der Waals surface area (Å²) in [5.74, 6) is 0.939. The summed E-state index contributed by atoms with van der Waals surface area (Å²) in [5.41, 5.74) is 1.34. The number of hydrogen-bond donors (Lipinski definition) is 0. The molecule has 1 aromatic rings. The third-order valence-corrected chi connectivity index (χ3v) is 5.73. The van der Waals surface area contributed by atoms with E-state index < -0.39 is 0 Å². The lowest BCUT2D eigenvalue weighted by Gasteiger charge is -2.04. The molecule has 78 valence electrons. The van der Waals surface area contributed by atoms with E-state index in [1.54, 1.807) is 0 Å². The van der Waals surface area contributed by atoms with Crippen LogP contribution in [0.5, 0.6) is 5.75 Å². The average Bonchev–Trinajstić information content (AvgIpc) is 2.17. The molecular formula is C8H8BrI2OPS. The van der Waals surface area contributed by atoms with Crippen LogP contribution in [0.25, 0.3) is 0 Å². The Morgan fingerprint density at radius 1 is 1.29 bits per heavy atom. The Labute approximate surface area is 124 Å².